The fraction of sp³-hybridized carbons (Fsp3) is 0. The van der Waals surface area contributed by atoms with Gasteiger partial charge in [-0.3, -0.25) is 0 Å². The maximum Gasteiger partial charge on any atom is 0.253 e. The lowest BCUT2D eigenvalue weighted by atomic mass is 10.1. The second-order valence-corrected chi connectivity index (χ2v) is 3.95. The highest BCUT2D eigenvalue weighted by Crippen LogP contribution is 2.21. The summed E-state index contributed by atoms with van der Waals surface area (Å²) in [4.78, 5) is 0. The van der Waals surface area contributed by atoms with Gasteiger partial charge in [-0.25, -0.2) is 9.13 Å². The fourth-order valence-corrected chi connectivity index (χ4v) is 2.05. The lowest BCUT2D eigenvalue weighted by Crippen LogP contribution is -2.20. The largest absolute Gasteiger partial charge is 0.253 e. The highest BCUT2D eigenvalue weighted by Gasteiger charge is 2.08. The minimum absolute atomic E-state index is 1.18. The first-order chi connectivity index (χ1) is 8.38. The quantitative estimate of drug-likeness (QED) is 0.588. The molecule has 17 heavy (non-hydrogen) atoms. The van der Waals surface area contributed by atoms with E-state index in [9.17, 15) is 0 Å². The Morgan fingerprint density at radius 1 is 1.06 bits per heavy atom. The van der Waals surface area contributed by atoms with E-state index in [2.05, 4.69) is 53.6 Å². The van der Waals surface area contributed by atoms with Crippen LogP contribution in [-0.4, -0.2) is 4.57 Å². The van der Waals surface area contributed by atoms with Gasteiger partial charge >= 0.3 is 0 Å². The molecule has 0 radical (unpaired) electrons. The summed E-state index contributed by atoms with van der Waals surface area (Å²) < 4.78 is 4.03. The molecule has 1 heterocycles. The predicted octanol–water partition coefficient (Wildman–Crippen LogP) is 3.02. The molecule has 3 rings (SSSR count). The number of benzene rings is 2. The van der Waals surface area contributed by atoms with Crippen LogP contribution in [0.3, 0.4) is 0 Å². The lowest BCUT2D eigenvalue weighted by molar-refractivity contribution is -0.566. The van der Waals surface area contributed by atoms with Crippen LogP contribution in [0.2, 0.25) is 0 Å². The Bertz CT molecular complexity index is 675. The topological polar surface area (TPSA) is 8.81 Å². The van der Waals surface area contributed by atoms with Gasteiger partial charge in [0.25, 0.3) is 6.33 Å². The fourth-order valence-electron chi connectivity index (χ4n) is 2.05. The van der Waals surface area contributed by atoms with Crippen molar-refractivity contribution in [3.05, 3.63) is 67.8 Å². The van der Waals surface area contributed by atoms with Crippen LogP contribution in [0.4, 0.5) is 0 Å². The molecule has 0 atom stereocenters. The molecule has 0 unspecified atom stereocenters. The lowest BCUT2D eigenvalue weighted by Gasteiger charge is -2.01. The monoisotopic (exact) mass is 221 g/mol. The Balaban J connectivity index is 2.26. The molecule has 0 aliphatic carbocycles. The van der Waals surface area contributed by atoms with E-state index in [0.717, 1.165) is 0 Å². The number of hydrogen-bond donors (Lipinski definition) is 0. The van der Waals surface area contributed by atoms with Gasteiger partial charge in [0.15, 0.2) is 0 Å². The smallest absolute Gasteiger partial charge is 0.209 e. The molecule has 0 aliphatic rings. The predicted molar refractivity (Wildman–Crippen MR) is 69.9 cm³/mol. The summed E-state index contributed by atoms with van der Waals surface area (Å²) in [7, 11) is 0. The zero-order valence-corrected chi connectivity index (χ0v) is 9.45. The molecule has 0 aliphatic heterocycles. The summed E-state index contributed by atoms with van der Waals surface area (Å²) in [6, 6.07) is 14.7. The molecule has 1 aromatic heterocycles. The van der Waals surface area contributed by atoms with Gasteiger partial charge in [-0.1, -0.05) is 43.0 Å². The van der Waals surface area contributed by atoms with Crippen molar-refractivity contribution in [2.24, 2.45) is 0 Å². The number of imidazole rings is 1. The minimum Gasteiger partial charge on any atom is -0.209 e. The third-order valence-corrected chi connectivity index (χ3v) is 2.91. The van der Waals surface area contributed by atoms with Crippen molar-refractivity contribution in [3.8, 4) is 5.69 Å². The average molecular weight is 221 g/mol. The highest BCUT2D eigenvalue weighted by molar-refractivity contribution is 5.90. The van der Waals surface area contributed by atoms with Gasteiger partial charge in [0.1, 0.15) is 18.1 Å². The van der Waals surface area contributed by atoms with E-state index in [1.807, 2.05) is 23.3 Å². The van der Waals surface area contributed by atoms with Gasteiger partial charge < -0.3 is 0 Å². The number of fused-ring (bicyclic) bond motifs is 1. The van der Waals surface area contributed by atoms with E-state index in [1.54, 1.807) is 6.20 Å². The first-order valence-corrected chi connectivity index (χ1v) is 5.58. The molecule has 0 bridgehead atoms. The van der Waals surface area contributed by atoms with Gasteiger partial charge in [0.2, 0.25) is 0 Å². The number of nitrogens with zero attached hydrogens (tertiary/aromatic N) is 2. The van der Waals surface area contributed by atoms with E-state index in [-0.39, 0.29) is 0 Å². The van der Waals surface area contributed by atoms with Crippen molar-refractivity contribution in [1.82, 2.24) is 4.57 Å². The van der Waals surface area contributed by atoms with E-state index in [4.69, 9.17) is 0 Å². The van der Waals surface area contributed by atoms with Gasteiger partial charge in [-0.15, -0.1) is 0 Å². The molecular formula is C15H13N2+. The second-order valence-electron chi connectivity index (χ2n) is 3.95. The molecule has 2 heteroatoms. The number of aromatic nitrogens is 2. The average Bonchev–Trinajstić information content (AvgIpc) is 2.87. The van der Waals surface area contributed by atoms with E-state index >= 15 is 0 Å². The van der Waals surface area contributed by atoms with Crippen LogP contribution >= 0.6 is 0 Å². The summed E-state index contributed by atoms with van der Waals surface area (Å²) in [5, 5.41) is 2.51. The molecule has 2 nitrogen and oxygen atoms in total. The molecule has 3 aromatic rings. The van der Waals surface area contributed by atoms with E-state index in [1.165, 1.54) is 16.5 Å². The first kappa shape index (κ1) is 9.85. The second kappa shape index (κ2) is 3.91. The molecule has 2 aromatic carbocycles. The summed E-state index contributed by atoms with van der Waals surface area (Å²) in [5.41, 5.74) is 1.18. The Labute approximate surface area is 100 Å². The Morgan fingerprint density at radius 3 is 2.71 bits per heavy atom. The molecular weight excluding hydrogens is 208 g/mol. The van der Waals surface area contributed by atoms with Crippen molar-refractivity contribution in [2.45, 2.75) is 0 Å². The van der Waals surface area contributed by atoms with Crippen LogP contribution in [0.5, 0.6) is 0 Å². The molecule has 0 amide bonds. The number of rotatable bonds is 2. The molecule has 0 saturated carbocycles. The number of hydrogen-bond acceptors (Lipinski definition) is 0. The SMILES string of the molecule is C=C[n+]1ccn(-c2cccc3ccccc23)c1. The van der Waals surface area contributed by atoms with Crippen LogP contribution in [0.1, 0.15) is 0 Å². The summed E-state index contributed by atoms with van der Waals surface area (Å²) in [5.74, 6) is 0. The van der Waals surface area contributed by atoms with Gasteiger partial charge in [-0.2, -0.15) is 0 Å². The van der Waals surface area contributed by atoms with Crippen molar-refractivity contribution < 1.29 is 4.57 Å². The molecule has 82 valence electrons. The zero-order valence-electron chi connectivity index (χ0n) is 9.45. The van der Waals surface area contributed by atoms with Crippen molar-refractivity contribution in [3.63, 3.8) is 0 Å². The minimum atomic E-state index is 1.18. The third kappa shape index (κ3) is 1.64. The first-order valence-electron chi connectivity index (χ1n) is 5.58. The van der Waals surface area contributed by atoms with Gasteiger partial charge in [-0.05, 0) is 11.5 Å². The van der Waals surface area contributed by atoms with Crippen molar-refractivity contribution in [2.75, 3.05) is 0 Å². The zero-order chi connectivity index (χ0) is 11.7. The summed E-state index contributed by atoms with van der Waals surface area (Å²) >= 11 is 0. The van der Waals surface area contributed by atoms with Gasteiger partial charge in [0.05, 0.1) is 6.20 Å². The molecule has 0 saturated heterocycles. The maximum atomic E-state index is 3.75. The van der Waals surface area contributed by atoms with E-state index in [0.29, 0.717) is 0 Å². The summed E-state index contributed by atoms with van der Waals surface area (Å²) in [6.45, 7) is 3.75. The third-order valence-electron chi connectivity index (χ3n) is 2.91. The highest BCUT2D eigenvalue weighted by atomic mass is 15.1. The molecule has 0 fully saturated rings. The standard InChI is InChI=1S/C15H13N2/c1-2-16-10-11-17(12-16)15-9-5-7-13-6-3-4-8-14(13)15/h2-12H,1H2/q+1. The van der Waals surface area contributed by atoms with Crippen LogP contribution < -0.4 is 4.57 Å². The van der Waals surface area contributed by atoms with Crippen LogP contribution in [0.15, 0.2) is 67.8 Å². The summed E-state index contributed by atoms with van der Waals surface area (Å²) in [6.07, 6.45) is 7.80. The normalized spacial score (nSPS) is 10.6. The molecule has 0 spiro atoms. The van der Waals surface area contributed by atoms with Crippen LogP contribution in [-0.2, 0) is 0 Å². The van der Waals surface area contributed by atoms with E-state index < -0.39 is 0 Å². The molecule has 0 N–H and O–H groups in total. The van der Waals surface area contributed by atoms with Crippen LogP contribution in [0.25, 0.3) is 22.7 Å². The van der Waals surface area contributed by atoms with Crippen LogP contribution in [0, 0.1) is 0 Å². The van der Waals surface area contributed by atoms with Crippen molar-refractivity contribution in [1.29, 1.82) is 0 Å². The maximum absolute atomic E-state index is 3.75. The van der Waals surface area contributed by atoms with Crippen molar-refractivity contribution >= 4 is 17.0 Å². The Kier molecular flexibility index (Phi) is 2.26. The Hall–Kier alpha value is -2.35. The van der Waals surface area contributed by atoms with Gasteiger partial charge in [0, 0.05) is 5.39 Å². The Morgan fingerprint density at radius 2 is 1.88 bits per heavy atom.